The first kappa shape index (κ1) is 21.2. The van der Waals surface area contributed by atoms with E-state index < -0.39 is 0 Å². The van der Waals surface area contributed by atoms with Gasteiger partial charge in [-0.25, -0.2) is 0 Å². The third kappa shape index (κ3) is 6.80. The predicted octanol–water partition coefficient (Wildman–Crippen LogP) is 2.81. The average Bonchev–Trinajstić information content (AvgIpc) is 3.19. The van der Waals surface area contributed by atoms with Crippen molar-refractivity contribution >= 4 is 35.0 Å². The summed E-state index contributed by atoms with van der Waals surface area (Å²) in [4.78, 5) is 29.9. The maximum Gasteiger partial charge on any atom is 0.260 e. The quantitative estimate of drug-likeness (QED) is 0.686. The van der Waals surface area contributed by atoms with E-state index in [2.05, 4.69) is 10.3 Å². The highest BCUT2D eigenvalue weighted by atomic mass is 35.5. The minimum absolute atomic E-state index is 0.0709. The van der Waals surface area contributed by atoms with Crippen LogP contribution >= 0.6 is 23.2 Å². The molecule has 7 nitrogen and oxygen atoms in total. The molecule has 1 aromatic heterocycles. The summed E-state index contributed by atoms with van der Waals surface area (Å²) in [6.07, 6.45) is 3.83. The lowest BCUT2D eigenvalue weighted by molar-refractivity contribution is -0.132. The van der Waals surface area contributed by atoms with Crippen molar-refractivity contribution in [3.8, 4) is 11.5 Å². The Balaban J connectivity index is 1.34. The van der Waals surface area contributed by atoms with Gasteiger partial charge in [-0.3, -0.25) is 14.6 Å². The second-order valence-corrected chi connectivity index (χ2v) is 7.54. The Labute approximate surface area is 178 Å². The molecule has 0 saturated carbocycles. The molecule has 154 valence electrons. The molecular weight excluding hydrogens is 417 g/mol. The van der Waals surface area contributed by atoms with Gasteiger partial charge in [0.2, 0.25) is 0 Å². The summed E-state index contributed by atoms with van der Waals surface area (Å²) >= 11 is 11.7. The summed E-state index contributed by atoms with van der Waals surface area (Å²) in [6.45, 7) is 1.56. The van der Waals surface area contributed by atoms with Gasteiger partial charge in [0.05, 0.1) is 11.2 Å². The molecule has 0 bridgehead atoms. The Kier molecular flexibility index (Phi) is 7.55. The third-order valence-electron chi connectivity index (χ3n) is 4.45. The highest BCUT2D eigenvalue weighted by Crippen LogP contribution is 2.18. The van der Waals surface area contributed by atoms with Crippen molar-refractivity contribution in [3.63, 3.8) is 0 Å². The largest absolute Gasteiger partial charge is 0.484 e. The molecular formula is C20H21Cl2N3O4. The SMILES string of the molecule is O=C(COc1ccc(Cl)cc1)NCC1CCN(C(=O)COc2cncc(Cl)c2)C1. The average molecular weight is 438 g/mol. The number of carbonyl (C=O) groups is 2. The maximum atomic E-state index is 12.3. The Bertz CT molecular complexity index is 848. The van der Waals surface area contributed by atoms with Crippen LogP contribution in [0.3, 0.4) is 0 Å². The summed E-state index contributed by atoms with van der Waals surface area (Å²) in [6, 6.07) is 8.42. The van der Waals surface area contributed by atoms with Crippen molar-refractivity contribution in [2.75, 3.05) is 32.8 Å². The van der Waals surface area contributed by atoms with Gasteiger partial charge in [0.1, 0.15) is 11.5 Å². The van der Waals surface area contributed by atoms with Gasteiger partial charge < -0.3 is 19.7 Å². The van der Waals surface area contributed by atoms with Crippen molar-refractivity contribution < 1.29 is 19.1 Å². The standard InChI is InChI=1S/C20H21Cl2N3O4/c21-15-1-3-17(4-2-15)28-12-19(26)24-8-14-5-6-25(11-14)20(27)13-29-18-7-16(22)9-23-10-18/h1-4,7,9-10,14H,5-6,8,11-13H2,(H,24,26). The number of ether oxygens (including phenoxy) is 2. The van der Waals surface area contributed by atoms with Gasteiger partial charge >= 0.3 is 0 Å². The van der Waals surface area contributed by atoms with E-state index in [1.165, 1.54) is 12.4 Å². The molecule has 0 radical (unpaired) electrons. The number of carbonyl (C=O) groups excluding carboxylic acids is 2. The topological polar surface area (TPSA) is 80.8 Å². The van der Waals surface area contributed by atoms with Crippen LogP contribution in [0.1, 0.15) is 6.42 Å². The van der Waals surface area contributed by atoms with Crippen molar-refractivity contribution in [1.82, 2.24) is 15.2 Å². The predicted molar refractivity (Wildman–Crippen MR) is 109 cm³/mol. The van der Waals surface area contributed by atoms with E-state index in [-0.39, 0.29) is 30.9 Å². The van der Waals surface area contributed by atoms with Crippen molar-refractivity contribution in [1.29, 1.82) is 0 Å². The fraction of sp³-hybridized carbons (Fsp3) is 0.350. The molecule has 29 heavy (non-hydrogen) atoms. The fourth-order valence-corrected chi connectivity index (χ4v) is 3.21. The Morgan fingerprint density at radius 2 is 1.83 bits per heavy atom. The van der Waals surface area contributed by atoms with E-state index in [9.17, 15) is 9.59 Å². The summed E-state index contributed by atoms with van der Waals surface area (Å²) in [5.74, 6) is 0.921. The number of pyridine rings is 1. The molecule has 1 aromatic carbocycles. The Morgan fingerprint density at radius 3 is 2.59 bits per heavy atom. The number of nitrogens with zero attached hydrogens (tertiary/aromatic N) is 2. The van der Waals surface area contributed by atoms with Crippen LogP contribution in [0.4, 0.5) is 0 Å². The van der Waals surface area contributed by atoms with E-state index in [1.807, 2.05) is 0 Å². The smallest absolute Gasteiger partial charge is 0.260 e. The normalized spacial score (nSPS) is 15.8. The molecule has 2 heterocycles. The van der Waals surface area contributed by atoms with Crippen LogP contribution in [0.5, 0.6) is 11.5 Å². The zero-order valence-electron chi connectivity index (χ0n) is 15.6. The Hall–Kier alpha value is -2.51. The van der Waals surface area contributed by atoms with Crippen molar-refractivity contribution in [3.05, 3.63) is 52.8 Å². The van der Waals surface area contributed by atoms with Crippen LogP contribution in [0.2, 0.25) is 10.0 Å². The molecule has 1 saturated heterocycles. The fourth-order valence-electron chi connectivity index (χ4n) is 2.92. The van der Waals surface area contributed by atoms with E-state index in [0.717, 1.165) is 6.42 Å². The van der Waals surface area contributed by atoms with Gasteiger partial charge in [0, 0.05) is 36.9 Å². The van der Waals surface area contributed by atoms with Gasteiger partial charge in [0.25, 0.3) is 11.8 Å². The number of hydrogen-bond acceptors (Lipinski definition) is 5. The first-order chi connectivity index (χ1) is 14.0. The van der Waals surface area contributed by atoms with Gasteiger partial charge in [0.15, 0.2) is 13.2 Å². The van der Waals surface area contributed by atoms with Crippen LogP contribution in [0, 0.1) is 5.92 Å². The maximum absolute atomic E-state index is 12.3. The second kappa shape index (κ2) is 10.3. The summed E-state index contributed by atoms with van der Waals surface area (Å²) in [7, 11) is 0. The van der Waals surface area contributed by atoms with E-state index >= 15 is 0 Å². The first-order valence-corrected chi connectivity index (χ1v) is 9.91. The lowest BCUT2D eigenvalue weighted by Gasteiger charge is -2.17. The Morgan fingerprint density at radius 1 is 1.07 bits per heavy atom. The number of nitrogens with one attached hydrogen (secondary N) is 1. The molecule has 1 fully saturated rings. The molecule has 2 aromatic rings. The van der Waals surface area contributed by atoms with Crippen molar-refractivity contribution in [2.45, 2.75) is 6.42 Å². The van der Waals surface area contributed by atoms with Gasteiger partial charge in [-0.1, -0.05) is 23.2 Å². The summed E-state index contributed by atoms with van der Waals surface area (Å²) in [5.41, 5.74) is 0. The molecule has 1 unspecified atom stereocenters. The zero-order chi connectivity index (χ0) is 20.6. The minimum Gasteiger partial charge on any atom is -0.484 e. The molecule has 0 spiro atoms. The molecule has 1 N–H and O–H groups in total. The van der Waals surface area contributed by atoms with Crippen molar-refractivity contribution in [2.24, 2.45) is 5.92 Å². The molecule has 2 amide bonds. The van der Waals surface area contributed by atoms with Crippen LogP contribution in [-0.4, -0.2) is 54.5 Å². The van der Waals surface area contributed by atoms with Crippen LogP contribution in [0.25, 0.3) is 0 Å². The van der Waals surface area contributed by atoms with Gasteiger partial charge in [-0.05, 0) is 36.6 Å². The lowest BCUT2D eigenvalue weighted by atomic mass is 10.1. The minimum atomic E-state index is -0.207. The lowest BCUT2D eigenvalue weighted by Crippen LogP contribution is -2.36. The van der Waals surface area contributed by atoms with Crippen LogP contribution in [0.15, 0.2) is 42.7 Å². The molecule has 9 heteroatoms. The molecule has 3 rings (SSSR count). The number of benzene rings is 1. The van der Waals surface area contributed by atoms with E-state index in [4.69, 9.17) is 32.7 Å². The molecule has 1 aliphatic heterocycles. The monoisotopic (exact) mass is 437 g/mol. The summed E-state index contributed by atoms with van der Waals surface area (Å²) in [5, 5.41) is 3.91. The van der Waals surface area contributed by atoms with E-state index in [0.29, 0.717) is 41.2 Å². The number of rotatable bonds is 8. The highest BCUT2D eigenvalue weighted by Gasteiger charge is 2.26. The molecule has 1 aliphatic rings. The number of halogens is 2. The molecule has 1 atom stereocenters. The van der Waals surface area contributed by atoms with Crippen LogP contribution in [-0.2, 0) is 9.59 Å². The summed E-state index contributed by atoms with van der Waals surface area (Å²) < 4.78 is 10.9. The highest BCUT2D eigenvalue weighted by molar-refractivity contribution is 6.30. The number of hydrogen-bond donors (Lipinski definition) is 1. The molecule has 0 aliphatic carbocycles. The zero-order valence-corrected chi connectivity index (χ0v) is 17.2. The van der Waals surface area contributed by atoms with Gasteiger partial charge in [-0.15, -0.1) is 0 Å². The van der Waals surface area contributed by atoms with Gasteiger partial charge in [-0.2, -0.15) is 0 Å². The first-order valence-electron chi connectivity index (χ1n) is 9.16. The third-order valence-corrected chi connectivity index (χ3v) is 4.91. The van der Waals surface area contributed by atoms with E-state index in [1.54, 1.807) is 35.2 Å². The number of aromatic nitrogens is 1. The second-order valence-electron chi connectivity index (χ2n) is 6.67. The number of likely N-dealkylation sites (tertiary alicyclic amines) is 1. The number of amides is 2. The van der Waals surface area contributed by atoms with Crippen LogP contribution < -0.4 is 14.8 Å².